The van der Waals surface area contributed by atoms with Gasteiger partial charge >= 0.3 is 0 Å². The molecule has 16 heavy (non-hydrogen) atoms. The molecule has 2 aromatic rings. The van der Waals surface area contributed by atoms with Crippen molar-refractivity contribution in [2.75, 3.05) is 0 Å². The first-order valence-electron chi connectivity index (χ1n) is 5.14. The Labute approximate surface area is 93.5 Å². The Morgan fingerprint density at radius 1 is 1.00 bits per heavy atom. The van der Waals surface area contributed by atoms with Crippen LogP contribution in [0.25, 0.3) is 0 Å². The topological polar surface area (TPSA) is 0 Å². The molecule has 0 N–H and O–H groups in total. The van der Waals surface area contributed by atoms with E-state index in [1.807, 2.05) is 13.0 Å². The van der Waals surface area contributed by atoms with Crippen LogP contribution in [0, 0.1) is 18.6 Å². The SMILES string of the molecule is Cc1cc(F)cc(Cc2ccccc2F)c1. The van der Waals surface area contributed by atoms with Crippen molar-refractivity contribution in [3.05, 3.63) is 70.8 Å². The molecule has 0 aromatic heterocycles. The van der Waals surface area contributed by atoms with Crippen molar-refractivity contribution in [2.45, 2.75) is 13.3 Å². The molecule has 0 amide bonds. The lowest BCUT2D eigenvalue weighted by Gasteiger charge is -2.04. The molecule has 0 unspecified atom stereocenters. The summed E-state index contributed by atoms with van der Waals surface area (Å²) in [6, 6.07) is 11.3. The molecule has 2 rings (SSSR count). The summed E-state index contributed by atoms with van der Waals surface area (Å²) in [5.74, 6) is -0.518. The first kappa shape index (κ1) is 10.8. The molecular weight excluding hydrogens is 206 g/mol. The van der Waals surface area contributed by atoms with Crippen LogP contribution >= 0.6 is 0 Å². The Hall–Kier alpha value is -1.70. The van der Waals surface area contributed by atoms with Crippen LogP contribution in [0.3, 0.4) is 0 Å². The van der Waals surface area contributed by atoms with Gasteiger partial charge < -0.3 is 0 Å². The summed E-state index contributed by atoms with van der Waals surface area (Å²) < 4.78 is 26.5. The maximum Gasteiger partial charge on any atom is 0.126 e. The number of halogens is 2. The molecule has 0 fully saturated rings. The van der Waals surface area contributed by atoms with Gasteiger partial charge in [-0.1, -0.05) is 24.3 Å². The van der Waals surface area contributed by atoms with Gasteiger partial charge in [-0.25, -0.2) is 8.78 Å². The molecule has 0 aliphatic rings. The third-order valence-corrected chi connectivity index (χ3v) is 2.45. The predicted molar refractivity (Wildman–Crippen MR) is 60.3 cm³/mol. The van der Waals surface area contributed by atoms with Crippen LogP contribution in [0.2, 0.25) is 0 Å². The molecule has 0 aliphatic carbocycles. The van der Waals surface area contributed by atoms with E-state index < -0.39 is 0 Å². The highest BCUT2D eigenvalue weighted by molar-refractivity contribution is 5.30. The highest BCUT2D eigenvalue weighted by Crippen LogP contribution is 2.15. The van der Waals surface area contributed by atoms with Crippen LogP contribution in [0.1, 0.15) is 16.7 Å². The summed E-state index contributed by atoms with van der Waals surface area (Å²) >= 11 is 0. The van der Waals surface area contributed by atoms with E-state index in [9.17, 15) is 8.78 Å². The second-order valence-corrected chi connectivity index (χ2v) is 3.91. The van der Waals surface area contributed by atoms with Crippen LogP contribution < -0.4 is 0 Å². The summed E-state index contributed by atoms with van der Waals surface area (Å²) in [5, 5.41) is 0. The Bertz CT molecular complexity index is 484. The number of aryl methyl sites for hydroxylation is 1. The standard InChI is InChI=1S/C14H12F2/c1-10-6-11(9-13(15)7-10)8-12-4-2-3-5-14(12)16/h2-7,9H,8H2,1H3. The molecule has 0 saturated heterocycles. The van der Waals surface area contributed by atoms with E-state index in [0.717, 1.165) is 11.1 Å². The van der Waals surface area contributed by atoms with Crippen molar-refractivity contribution >= 4 is 0 Å². The lowest BCUT2D eigenvalue weighted by Crippen LogP contribution is -1.93. The van der Waals surface area contributed by atoms with Gasteiger partial charge in [0, 0.05) is 6.42 Å². The molecule has 0 saturated carbocycles. The predicted octanol–water partition coefficient (Wildman–Crippen LogP) is 3.86. The second-order valence-electron chi connectivity index (χ2n) is 3.91. The monoisotopic (exact) mass is 218 g/mol. The summed E-state index contributed by atoms with van der Waals surface area (Å²) in [5.41, 5.74) is 2.24. The third-order valence-electron chi connectivity index (χ3n) is 2.45. The van der Waals surface area contributed by atoms with E-state index >= 15 is 0 Å². The van der Waals surface area contributed by atoms with Crippen molar-refractivity contribution in [3.63, 3.8) is 0 Å². The Morgan fingerprint density at radius 2 is 1.75 bits per heavy atom. The normalized spacial score (nSPS) is 10.4. The fourth-order valence-electron chi connectivity index (χ4n) is 1.78. The molecular formula is C14H12F2. The quantitative estimate of drug-likeness (QED) is 0.718. The Balaban J connectivity index is 2.30. The molecule has 2 heteroatoms. The fourth-order valence-corrected chi connectivity index (χ4v) is 1.78. The van der Waals surface area contributed by atoms with Gasteiger partial charge in [-0.2, -0.15) is 0 Å². The van der Waals surface area contributed by atoms with Gasteiger partial charge in [0.25, 0.3) is 0 Å². The maximum atomic E-state index is 13.4. The molecule has 0 nitrogen and oxygen atoms in total. The van der Waals surface area contributed by atoms with Gasteiger partial charge in [0.1, 0.15) is 11.6 Å². The van der Waals surface area contributed by atoms with Crippen LogP contribution in [0.4, 0.5) is 8.78 Å². The van der Waals surface area contributed by atoms with Crippen molar-refractivity contribution in [1.29, 1.82) is 0 Å². The summed E-state index contributed by atoms with van der Waals surface area (Å²) in [6.07, 6.45) is 0.422. The zero-order chi connectivity index (χ0) is 11.5. The molecule has 0 aliphatic heterocycles. The molecule has 0 bridgehead atoms. The number of rotatable bonds is 2. The van der Waals surface area contributed by atoms with Gasteiger partial charge in [-0.15, -0.1) is 0 Å². The minimum atomic E-state index is -0.272. The van der Waals surface area contributed by atoms with Crippen LogP contribution in [0.15, 0.2) is 42.5 Å². The van der Waals surface area contributed by atoms with Crippen molar-refractivity contribution in [2.24, 2.45) is 0 Å². The highest BCUT2D eigenvalue weighted by atomic mass is 19.1. The third kappa shape index (κ3) is 2.45. The molecule has 2 aromatic carbocycles. The van der Waals surface area contributed by atoms with E-state index in [-0.39, 0.29) is 11.6 Å². The highest BCUT2D eigenvalue weighted by Gasteiger charge is 2.03. The molecule has 82 valence electrons. The lowest BCUT2D eigenvalue weighted by atomic mass is 10.0. The number of benzene rings is 2. The maximum absolute atomic E-state index is 13.4. The van der Waals surface area contributed by atoms with E-state index in [1.54, 1.807) is 18.2 Å². The van der Waals surface area contributed by atoms with Gasteiger partial charge in [0.2, 0.25) is 0 Å². The zero-order valence-corrected chi connectivity index (χ0v) is 9.00. The largest absolute Gasteiger partial charge is 0.207 e. The lowest BCUT2D eigenvalue weighted by molar-refractivity contribution is 0.611. The van der Waals surface area contributed by atoms with Crippen LogP contribution in [-0.2, 0) is 6.42 Å². The van der Waals surface area contributed by atoms with E-state index in [0.29, 0.717) is 12.0 Å². The van der Waals surface area contributed by atoms with Crippen LogP contribution in [0.5, 0.6) is 0 Å². The first-order chi connectivity index (χ1) is 7.65. The smallest absolute Gasteiger partial charge is 0.126 e. The number of hydrogen-bond donors (Lipinski definition) is 0. The van der Waals surface area contributed by atoms with Crippen molar-refractivity contribution in [1.82, 2.24) is 0 Å². The molecule has 0 heterocycles. The molecule has 0 spiro atoms. The van der Waals surface area contributed by atoms with Gasteiger partial charge in [0.15, 0.2) is 0 Å². The second kappa shape index (κ2) is 4.44. The zero-order valence-electron chi connectivity index (χ0n) is 9.00. The van der Waals surface area contributed by atoms with Gasteiger partial charge in [0.05, 0.1) is 0 Å². The summed E-state index contributed by atoms with van der Waals surface area (Å²) in [4.78, 5) is 0. The van der Waals surface area contributed by atoms with E-state index in [4.69, 9.17) is 0 Å². The number of hydrogen-bond acceptors (Lipinski definition) is 0. The van der Waals surface area contributed by atoms with Gasteiger partial charge in [-0.3, -0.25) is 0 Å². The van der Waals surface area contributed by atoms with Crippen molar-refractivity contribution in [3.8, 4) is 0 Å². The molecule has 0 atom stereocenters. The minimum Gasteiger partial charge on any atom is -0.207 e. The van der Waals surface area contributed by atoms with Gasteiger partial charge in [-0.05, 0) is 41.8 Å². The first-order valence-corrected chi connectivity index (χ1v) is 5.14. The average molecular weight is 218 g/mol. The van der Waals surface area contributed by atoms with E-state index in [1.165, 1.54) is 18.2 Å². The Morgan fingerprint density at radius 3 is 2.44 bits per heavy atom. The van der Waals surface area contributed by atoms with Crippen LogP contribution in [-0.4, -0.2) is 0 Å². The van der Waals surface area contributed by atoms with Crippen molar-refractivity contribution < 1.29 is 8.78 Å². The summed E-state index contributed by atoms with van der Waals surface area (Å²) in [6.45, 7) is 1.83. The molecule has 0 radical (unpaired) electrons. The fraction of sp³-hybridized carbons (Fsp3) is 0.143. The van der Waals surface area contributed by atoms with E-state index in [2.05, 4.69) is 0 Å². The Kier molecular flexibility index (Phi) is 3.00. The average Bonchev–Trinajstić information content (AvgIpc) is 2.20. The minimum absolute atomic E-state index is 0.246. The summed E-state index contributed by atoms with van der Waals surface area (Å²) in [7, 11) is 0.